The zero-order valence-electron chi connectivity index (χ0n) is 4.76. The quantitative estimate of drug-likeness (QED) is 0.583. The minimum absolute atomic E-state index is 0.556. The van der Waals surface area contributed by atoms with Gasteiger partial charge in [-0.3, -0.25) is 0 Å². The first-order chi connectivity index (χ1) is 4.25. The normalized spacial score (nSPS) is 8.89. The molecule has 0 bridgehead atoms. The van der Waals surface area contributed by atoms with E-state index in [2.05, 4.69) is 4.37 Å². The number of hydrogen-bond donors (Lipinski definition) is 1. The van der Waals surface area contributed by atoms with E-state index in [4.69, 9.17) is 17.5 Å². The molecule has 1 aromatic heterocycles. The van der Waals surface area contributed by atoms with Crippen molar-refractivity contribution in [1.29, 1.82) is 5.26 Å². The Kier molecular flexibility index (Phi) is 1.65. The van der Waals surface area contributed by atoms with Crippen LogP contribution in [-0.2, 0) is 0 Å². The predicted molar refractivity (Wildman–Crippen MR) is 39.0 cm³/mol. The molecule has 4 heteroatoms. The molecule has 0 atom stereocenters. The fourth-order valence-electron chi connectivity index (χ4n) is 0.514. The van der Waals surface area contributed by atoms with Crippen molar-refractivity contribution in [3.05, 3.63) is 15.1 Å². The molecule has 0 radical (unpaired) electrons. The van der Waals surface area contributed by atoms with Crippen molar-refractivity contribution in [3.63, 3.8) is 0 Å². The third-order valence-electron chi connectivity index (χ3n) is 0.988. The summed E-state index contributed by atoms with van der Waals surface area (Å²) >= 11 is 6.21. The first kappa shape index (κ1) is 6.46. The highest BCUT2D eigenvalue weighted by Gasteiger charge is 1.99. The number of aromatic nitrogens is 1. The highest BCUT2D eigenvalue weighted by Crippen LogP contribution is 2.11. The summed E-state index contributed by atoms with van der Waals surface area (Å²) in [6.07, 6.45) is 0. The highest BCUT2D eigenvalue weighted by molar-refractivity contribution is 7.71. The largest absolute Gasteiger partial charge is 0.301 e. The van der Waals surface area contributed by atoms with E-state index in [0.29, 0.717) is 10.2 Å². The molecule has 1 rings (SSSR count). The second-order valence-electron chi connectivity index (χ2n) is 1.58. The van der Waals surface area contributed by atoms with E-state index >= 15 is 0 Å². The lowest BCUT2D eigenvalue weighted by Gasteiger charge is -1.75. The highest BCUT2D eigenvalue weighted by atomic mass is 32.1. The van der Waals surface area contributed by atoms with Crippen LogP contribution in [0, 0.1) is 22.9 Å². The molecule has 1 heterocycles. The van der Waals surface area contributed by atoms with Crippen LogP contribution in [0.25, 0.3) is 0 Å². The SMILES string of the molecule is Cc1s[nH]c(=S)c1C#N. The molecule has 0 amide bonds. The van der Waals surface area contributed by atoms with Crippen molar-refractivity contribution < 1.29 is 0 Å². The Hall–Kier alpha value is -0.660. The van der Waals surface area contributed by atoms with Gasteiger partial charge in [0.05, 0.1) is 0 Å². The maximum absolute atomic E-state index is 8.46. The van der Waals surface area contributed by atoms with Gasteiger partial charge in [0.1, 0.15) is 16.3 Å². The summed E-state index contributed by atoms with van der Waals surface area (Å²) in [5.74, 6) is 0. The fraction of sp³-hybridized carbons (Fsp3) is 0.200. The molecule has 0 fully saturated rings. The lowest BCUT2D eigenvalue weighted by atomic mass is 10.3. The zero-order chi connectivity index (χ0) is 6.85. The van der Waals surface area contributed by atoms with E-state index in [0.717, 1.165) is 4.88 Å². The Bertz CT molecular complexity index is 301. The molecule has 0 unspecified atom stereocenters. The van der Waals surface area contributed by atoms with Crippen LogP contribution in [0.15, 0.2) is 0 Å². The molecule has 9 heavy (non-hydrogen) atoms. The maximum Gasteiger partial charge on any atom is 0.131 e. The summed E-state index contributed by atoms with van der Waals surface area (Å²) in [6.45, 7) is 1.87. The van der Waals surface area contributed by atoms with Crippen molar-refractivity contribution >= 4 is 23.8 Å². The van der Waals surface area contributed by atoms with Crippen LogP contribution >= 0.6 is 23.8 Å². The number of aryl methyl sites for hydroxylation is 1. The monoisotopic (exact) mass is 156 g/mol. The summed E-state index contributed by atoms with van der Waals surface area (Å²) in [7, 11) is 0. The summed E-state index contributed by atoms with van der Waals surface area (Å²) in [5.41, 5.74) is 0.606. The van der Waals surface area contributed by atoms with Crippen LogP contribution in [0.1, 0.15) is 10.4 Å². The van der Waals surface area contributed by atoms with Gasteiger partial charge in [0, 0.05) is 4.88 Å². The average Bonchev–Trinajstić information content (AvgIpc) is 2.12. The molecule has 0 aliphatic heterocycles. The Morgan fingerprint density at radius 1 is 1.78 bits per heavy atom. The molecule has 0 aliphatic carbocycles. The smallest absolute Gasteiger partial charge is 0.131 e. The van der Waals surface area contributed by atoms with Gasteiger partial charge in [-0.1, -0.05) is 23.8 Å². The average molecular weight is 156 g/mol. The van der Waals surface area contributed by atoms with Crippen molar-refractivity contribution in [2.75, 3.05) is 0 Å². The van der Waals surface area contributed by atoms with Gasteiger partial charge >= 0.3 is 0 Å². The predicted octanol–water partition coefficient (Wildman–Crippen LogP) is 1.99. The van der Waals surface area contributed by atoms with Crippen LogP contribution in [0.5, 0.6) is 0 Å². The third-order valence-corrected chi connectivity index (χ3v) is 2.24. The van der Waals surface area contributed by atoms with Gasteiger partial charge in [-0.2, -0.15) is 5.26 Å². The Morgan fingerprint density at radius 2 is 2.44 bits per heavy atom. The molecule has 0 saturated heterocycles. The van der Waals surface area contributed by atoms with Gasteiger partial charge in [0.25, 0.3) is 0 Å². The Morgan fingerprint density at radius 3 is 2.67 bits per heavy atom. The lowest BCUT2D eigenvalue weighted by molar-refractivity contribution is 1.42. The van der Waals surface area contributed by atoms with Gasteiger partial charge in [0.15, 0.2) is 0 Å². The van der Waals surface area contributed by atoms with Crippen LogP contribution in [0.2, 0.25) is 0 Å². The number of aromatic amines is 1. The number of nitrogens with zero attached hydrogens (tertiary/aromatic N) is 1. The minimum atomic E-state index is 0.556. The number of nitriles is 1. The van der Waals surface area contributed by atoms with Crippen molar-refractivity contribution in [2.45, 2.75) is 6.92 Å². The van der Waals surface area contributed by atoms with Crippen molar-refractivity contribution in [3.8, 4) is 6.07 Å². The zero-order valence-corrected chi connectivity index (χ0v) is 6.40. The van der Waals surface area contributed by atoms with Crippen LogP contribution < -0.4 is 0 Å². The summed E-state index contributed by atoms with van der Waals surface area (Å²) in [4.78, 5) is 0.961. The number of hydrogen-bond acceptors (Lipinski definition) is 3. The second kappa shape index (κ2) is 2.29. The first-order valence-electron chi connectivity index (χ1n) is 2.34. The van der Waals surface area contributed by atoms with Gasteiger partial charge in [-0.05, 0) is 6.92 Å². The minimum Gasteiger partial charge on any atom is -0.301 e. The maximum atomic E-state index is 8.46. The molecule has 1 aromatic rings. The van der Waals surface area contributed by atoms with E-state index in [-0.39, 0.29) is 0 Å². The molecule has 1 N–H and O–H groups in total. The van der Waals surface area contributed by atoms with Gasteiger partial charge in [0.2, 0.25) is 0 Å². The van der Waals surface area contributed by atoms with Crippen LogP contribution in [-0.4, -0.2) is 4.37 Å². The number of H-pyrrole nitrogens is 1. The number of nitrogens with one attached hydrogen (secondary N) is 1. The summed E-state index contributed by atoms with van der Waals surface area (Å²) in [6, 6.07) is 2.02. The molecule has 0 aliphatic rings. The Balaban J connectivity index is 3.46. The second-order valence-corrected chi connectivity index (χ2v) is 3.01. The first-order valence-corrected chi connectivity index (χ1v) is 3.56. The lowest BCUT2D eigenvalue weighted by Crippen LogP contribution is -1.69. The standard InChI is InChI=1S/C5H4N2S2/c1-3-4(2-6)5(8)7-9-3/h1H3,(H,7,8). The van der Waals surface area contributed by atoms with E-state index in [9.17, 15) is 0 Å². The molecule has 0 saturated carbocycles. The van der Waals surface area contributed by atoms with Crippen LogP contribution in [0.3, 0.4) is 0 Å². The van der Waals surface area contributed by atoms with Gasteiger partial charge in [-0.25, -0.2) is 0 Å². The van der Waals surface area contributed by atoms with E-state index in [1.807, 2.05) is 13.0 Å². The third kappa shape index (κ3) is 1.02. The topological polar surface area (TPSA) is 39.6 Å². The molecule has 0 spiro atoms. The molecular formula is C5H4N2S2. The molecule has 0 aromatic carbocycles. The molecule has 2 nitrogen and oxygen atoms in total. The Labute approximate surface area is 61.9 Å². The van der Waals surface area contributed by atoms with Crippen molar-refractivity contribution in [2.24, 2.45) is 0 Å². The van der Waals surface area contributed by atoms with Crippen molar-refractivity contribution in [1.82, 2.24) is 4.37 Å². The summed E-state index contributed by atoms with van der Waals surface area (Å²) < 4.78 is 3.38. The van der Waals surface area contributed by atoms with Gasteiger partial charge in [-0.15, -0.1) is 0 Å². The van der Waals surface area contributed by atoms with Crippen LogP contribution in [0.4, 0.5) is 0 Å². The fourth-order valence-corrected chi connectivity index (χ4v) is 1.50. The summed E-state index contributed by atoms with van der Waals surface area (Å²) in [5, 5.41) is 8.46. The molecule has 46 valence electrons. The van der Waals surface area contributed by atoms with E-state index < -0.39 is 0 Å². The van der Waals surface area contributed by atoms with Gasteiger partial charge < -0.3 is 4.37 Å². The number of rotatable bonds is 0. The molecular weight excluding hydrogens is 152 g/mol. The van der Waals surface area contributed by atoms with E-state index in [1.165, 1.54) is 11.5 Å². The van der Waals surface area contributed by atoms with E-state index in [1.54, 1.807) is 0 Å².